The summed E-state index contributed by atoms with van der Waals surface area (Å²) in [5.41, 5.74) is 1.52. The third kappa shape index (κ3) is 4.63. The van der Waals surface area contributed by atoms with E-state index in [1.807, 2.05) is 30.3 Å². The number of carbonyl (C=O) groups excluding carboxylic acids is 1. The van der Waals surface area contributed by atoms with Gasteiger partial charge in [0.25, 0.3) is 5.91 Å². The Morgan fingerprint density at radius 2 is 2.00 bits per heavy atom. The Labute approximate surface area is 139 Å². The number of aromatic nitrogens is 1. The Morgan fingerprint density at radius 1 is 1.30 bits per heavy atom. The number of carboxylic acids is 1. The summed E-state index contributed by atoms with van der Waals surface area (Å²) >= 11 is 1.34. The smallest absolute Gasteiger partial charge is 0.326 e. The van der Waals surface area contributed by atoms with Crippen LogP contribution >= 0.6 is 11.3 Å². The van der Waals surface area contributed by atoms with Gasteiger partial charge in [-0.05, 0) is 25.3 Å². The highest BCUT2D eigenvalue weighted by Gasteiger charge is 2.23. The lowest BCUT2D eigenvalue weighted by atomic mass is 10.1. The third-order valence-corrected chi connectivity index (χ3v) is 4.61. The zero-order valence-corrected chi connectivity index (χ0v) is 14.0. The van der Waals surface area contributed by atoms with Crippen molar-refractivity contribution in [1.29, 1.82) is 0 Å². The van der Waals surface area contributed by atoms with E-state index >= 15 is 0 Å². The number of hydrogen-bond acceptors (Lipinski definition) is 4. The van der Waals surface area contributed by atoms with Gasteiger partial charge in [0.05, 0.1) is 10.7 Å². The fourth-order valence-corrected chi connectivity index (χ4v) is 3.33. The minimum absolute atomic E-state index is 0.252. The van der Waals surface area contributed by atoms with Crippen LogP contribution in [0.25, 0.3) is 0 Å². The number of rotatable bonds is 7. The van der Waals surface area contributed by atoms with E-state index < -0.39 is 12.0 Å². The first-order valence-electron chi connectivity index (χ1n) is 7.55. The summed E-state index contributed by atoms with van der Waals surface area (Å²) < 4.78 is 0. The molecule has 0 aliphatic rings. The summed E-state index contributed by atoms with van der Waals surface area (Å²) in [6.07, 6.45) is 2.03. The van der Waals surface area contributed by atoms with Crippen LogP contribution in [0, 0.1) is 6.92 Å². The van der Waals surface area contributed by atoms with E-state index in [-0.39, 0.29) is 12.3 Å². The molecule has 2 aromatic rings. The van der Waals surface area contributed by atoms with Gasteiger partial charge in [-0.3, -0.25) is 4.79 Å². The molecule has 0 spiro atoms. The Morgan fingerprint density at radius 3 is 2.61 bits per heavy atom. The molecule has 23 heavy (non-hydrogen) atoms. The van der Waals surface area contributed by atoms with Gasteiger partial charge in [-0.1, -0.05) is 37.3 Å². The highest BCUT2D eigenvalue weighted by atomic mass is 32.1. The van der Waals surface area contributed by atoms with Gasteiger partial charge in [0.1, 0.15) is 10.9 Å². The van der Waals surface area contributed by atoms with Crippen molar-refractivity contribution in [2.75, 3.05) is 0 Å². The summed E-state index contributed by atoms with van der Waals surface area (Å²) in [5.74, 6) is -1.41. The molecule has 5 nitrogen and oxygen atoms in total. The van der Waals surface area contributed by atoms with Crippen molar-refractivity contribution < 1.29 is 14.7 Å². The lowest BCUT2D eigenvalue weighted by molar-refractivity contribution is -0.139. The van der Waals surface area contributed by atoms with E-state index in [4.69, 9.17) is 0 Å². The lowest BCUT2D eigenvalue weighted by Crippen LogP contribution is -2.42. The Balaban J connectivity index is 2.10. The van der Waals surface area contributed by atoms with Crippen LogP contribution in [-0.4, -0.2) is 28.0 Å². The topological polar surface area (TPSA) is 79.3 Å². The first-order chi connectivity index (χ1) is 11.0. The minimum Gasteiger partial charge on any atom is -0.480 e. The number of hydrogen-bond donors (Lipinski definition) is 2. The number of carbonyl (C=O) groups is 2. The van der Waals surface area contributed by atoms with Crippen LogP contribution in [-0.2, 0) is 17.6 Å². The Kier molecular flexibility index (Phi) is 5.87. The molecule has 2 rings (SSSR count). The van der Waals surface area contributed by atoms with Gasteiger partial charge in [-0.25, -0.2) is 9.78 Å². The Bertz CT molecular complexity index is 682. The molecule has 122 valence electrons. The molecular formula is C17H20N2O3S. The fraction of sp³-hybridized carbons (Fsp3) is 0.353. The molecule has 1 aromatic carbocycles. The maximum absolute atomic E-state index is 12.4. The molecule has 0 saturated heterocycles. The number of thiazole rings is 1. The van der Waals surface area contributed by atoms with Crippen molar-refractivity contribution in [2.24, 2.45) is 0 Å². The summed E-state index contributed by atoms with van der Waals surface area (Å²) in [4.78, 5) is 28.7. The summed E-state index contributed by atoms with van der Waals surface area (Å²) in [5, 5.41) is 12.9. The molecule has 0 radical (unpaired) electrons. The van der Waals surface area contributed by atoms with Crippen molar-refractivity contribution in [3.8, 4) is 0 Å². The third-order valence-electron chi connectivity index (χ3n) is 3.40. The summed E-state index contributed by atoms with van der Waals surface area (Å²) in [6.45, 7) is 3.83. The number of amides is 1. The van der Waals surface area contributed by atoms with Gasteiger partial charge in [-0.15, -0.1) is 11.3 Å². The van der Waals surface area contributed by atoms with Crippen LogP contribution in [0.3, 0.4) is 0 Å². The van der Waals surface area contributed by atoms with E-state index in [1.54, 1.807) is 6.92 Å². The van der Waals surface area contributed by atoms with Crippen LogP contribution in [0.4, 0.5) is 0 Å². The molecule has 0 saturated carbocycles. The van der Waals surface area contributed by atoms with E-state index in [0.29, 0.717) is 10.6 Å². The van der Waals surface area contributed by atoms with Crippen molar-refractivity contribution in [2.45, 2.75) is 39.2 Å². The van der Waals surface area contributed by atoms with E-state index in [9.17, 15) is 14.7 Å². The summed E-state index contributed by atoms with van der Waals surface area (Å²) in [7, 11) is 0. The van der Waals surface area contributed by atoms with Gasteiger partial charge in [0, 0.05) is 6.42 Å². The Hall–Kier alpha value is -2.21. The minimum atomic E-state index is -1.04. The van der Waals surface area contributed by atoms with Crippen LogP contribution in [0.15, 0.2) is 30.3 Å². The lowest BCUT2D eigenvalue weighted by Gasteiger charge is -2.14. The molecule has 1 amide bonds. The fourth-order valence-electron chi connectivity index (χ4n) is 2.26. The average Bonchev–Trinajstić information content (AvgIpc) is 2.88. The standard InChI is InChI=1S/C17H20N2O3S/c1-3-7-14-18-11(2)15(23-14)16(20)19-13(17(21)22)10-12-8-5-4-6-9-12/h4-6,8-9,13H,3,7,10H2,1-2H3,(H,19,20)(H,21,22)/t13-/m1/s1. The molecular weight excluding hydrogens is 312 g/mol. The molecule has 1 atom stereocenters. The van der Waals surface area contributed by atoms with E-state index in [2.05, 4.69) is 17.2 Å². The van der Waals surface area contributed by atoms with E-state index in [1.165, 1.54) is 11.3 Å². The molecule has 0 fully saturated rings. The predicted molar refractivity (Wildman–Crippen MR) is 89.9 cm³/mol. The van der Waals surface area contributed by atoms with Crippen LogP contribution in [0.1, 0.15) is 39.3 Å². The largest absolute Gasteiger partial charge is 0.480 e. The van der Waals surface area contributed by atoms with Gasteiger partial charge < -0.3 is 10.4 Å². The molecule has 0 aliphatic carbocycles. The second-order valence-electron chi connectivity index (χ2n) is 5.33. The number of carboxylic acid groups (broad SMARTS) is 1. The van der Waals surface area contributed by atoms with E-state index in [0.717, 1.165) is 23.4 Å². The molecule has 6 heteroatoms. The maximum Gasteiger partial charge on any atom is 0.326 e. The molecule has 0 aliphatic heterocycles. The van der Waals surface area contributed by atoms with Crippen LogP contribution < -0.4 is 5.32 Å². The van der Waals surface area contributed by atoms with Crippen molar-refractivity contribution in [3.05, 3.63) is 51.5 Å². The second-order valence-corrected chi connectivity index (χ2v) is 6.41. The number of nitrogens with one attached hydrogen (secondary N) is 1. The quantitative estimate of drug-likeness (QED) is 0.817. The predicted octanol–water partition coefficient (Wildman–Crippen LogP) is 2.83. The first-order valence-corrected chi connectivity index (χ1v) is 8.36. The SMILES string of the molecule is CCCc1nc(C)c(C(=O)N[C@H](Cc2ccccc2)C(=O)O)s1. The maximum atomic E-state index is 12.4. The molecule has 0 unspecified atom stereocenters. The number of benzene rings is 1. The highest BCUT2D eigenvalue weighted by molar-refractivity contribution is 7.13. The van der Waals surface area contributed by atoms with Gasteiger partial charge in [-0.2, -0.15) is 0 Å². The highest BCUT2D eigenvalue weighted by Crippen LogP contribution is 2.19. The molecule has 0 bridgehead atoms. The molecule has 1 heterocycles. The van der Waals surface area contributed by atoms with Crippen LogP contribution in [0.5, 0.6) is 0 Å². The first kappa shape index (κ1) is 17.1. The number of nitrogens with zero attached hydrogens (tertiary/aromatic N) is 1. The number of aliphatic carboxylic acids is 1. The van der Waals surface area contributed by atoms with Gasteiger partial charge >= 0.3 is 5.97 Å². The normalized spacial score (nSPS) is 11.9. The zero-order chi connectivity index (χ0) is 16.8. The van der Waals surface area contributed by atoms with Crippen LogP contribution in [0.2, 0.25) is 0 Å². The van der Waals surface area contributed by atoms with Crippen molar-refractivity contribution in [1.82, 2.24) is 10.3 Å². The average molecular weight is 332 g/mol. The molecule has 1 aromatic heterocycles. The monoisotopic (exact) mass is 332 g/mol. The number of aryl methyl sites for hydroxylation is 2. The van der Waals surface area contributed by atoms with Gasteiger partial charge in [0.15, 0.2) is 0 Å². The zero-order valence-electron chi connectivity index (χ0n) is 13.2. The van der Waals surface area contributed by atoms with Crippen molar-refractivity contribution in [3.63, 3.8) is 0 Å². The van der Waals surface area contributed by atoms with Gasteiger partial charge in [0.2, 0.25) is 0 Å². The molecule has 2 N–H and O–H groups in total. The van der Waals surface area contributed by atoms with Crippen molar-refractivity contribution >= 4 is 23.2 Å². The second kappa shape index (κ2) is 7.87. The summed E-state index contributed by atoms with van der Waals surface area (Å²) in [6, 6.07) is 8.30.